The minimum absolute atomic E-state index is 0.0632. The number of carbonyl (C=O) groups excluding carboxylic acids is 2. The zero-order valence-corrected chi connectivity index (χ0v) is 18.0. The summed E-state index contributed by atoms with van der Waals surface area (Å²) >= 11 is 0. The van der Waals surface area contributed by atoms with Gasteiger partial charge in [0.1, 0.15) is 27.9 Å². The average Bonchev–Trinajstić information content (AvgIpc) is 3.26. The highest BCUT2D eigenvalue weighted by molar-refractivity contribution is 6.07. The Kier molecular flexibility index (Phi) is 5.31. The van der Waals surface area contributed by atoms with Crippen molar-refractivity contribution in [3.63, 3.8) is 0 Å². The van der Waals surface area contributed by atoms with Gasteiger partial charge in [-0.2, -0.15) is 0 Å². The van der Waals surface area contributed by atoms with Crippen LogP contribution in [0.4, 0.5) is 0 Å². The lowest BCUT2D eigenvalue weighted by molar-refractivity contribution is -0.131. The van der Waals surface area contributed by atoms with Gasteiger partial charge >= 0.3 is 11.6 Å². The fourth-order valence-electron chi connectivity index (χ4n) is 3.50. The Morgan fingerprint density at radius 1 is 0.941 bits per heavy atom. The molecule has 0 saturated carbocycles. The molecule has 0 fully saturated rings. The molecule has 0 atom stereocenters. The van der Waals surface area contributed by atoms with Crippen LogP contribution in [0.2, 0.25) is 0 Å². The summed E-state index contributed by atoms with van der Waals surface area (Å²) in [6.07, 6.45) is 2.85. The van der Waals surface area contributed by atoms with E-state index in [1.165, 1.54) is 23.9 Å². The highest BCUT2D eigenvalue weighted by Crippen LogP contribution is 2.25. The van der Waals surface area contributed by atoms with Crippen molar-refractivity contribution in [2.45, 2.75) is 6.92 Å². The highest BCUT2D eigenvalue weighted by atomic mass is 16.5. The first-order chi connectivity index (χ1) is 16.5. The van der Waals surface area contributed by atoms with Gasteiger partial charge in [-0.15, -0.1) is 15.0 Å². The fourth-order valence-corrected chi connectivity index (χ4v) is 3.50. The number of rotatable bonds is 5. The minimum Gasteiger partial charge on any atom is -0.424 e. The number of ether oxygens (including phenoxy) is 1. The van der Waals surface area contributed by atoms with Gasteiger partial charge in [0.25, 0.3) is 0 Å². The van der Waals surface area contributed by atoms with Crippen LogP contribution < -0.4 is 10.4 Å². The van der Waals surface area contributed by atoms with Crippen molar-refractivity contribution >= 4 is 39.8 Å². The third kappa shape index (κ3) is 4.12. The fraction of sp³-hybridized carbons (Fsp3) is 0.0385. The van der Waals surface area contributed by atoms with Crippen LogP contribution in [0.15, 0.2) is 88.1 Å². The van der Waals surface area contributed by atoms with Crippen LogP contribution in [0.3, 0.4) is 0 Å². The summed E-state index contributed by atoms with van der Waals surface area (Å²) in [5.41, 5.74) is 2.04. The molecule has 0 unspecified atom stereocenters. The Morgan fingerprint density at radius 2 is 1.65 bits per heavy atom. The molecule has 2 heterocycles. The quantitative estimate of drug-likeness (QED) is 0.129. The number of para-hydroxylation sites is 1. The number of ketones is 1. The molecule has 34 heavy (non-hydrogen) atoms. The lowest BCUT2D eigenvalue weighted by Gasteiger charge is -2.09. The molecule has 8 nitrogen and oxygen atoms in total. The van der Waals surface area contributed by atoms with Gasteiger partial charge in [-0.3, -0.25) is 9.59 Å². The number of allylic oxidation sites excluding steroid dienone is 1. The van der Waals surface area contributed by atoms with Gasteiger partial charge in [-0.1, -0.05) is 42.5 Å². The van der Waals surface area contributed by atoms with Crippen molar-refractivity contribution in [3.8, 4) is 11.4 Å². The number of benzene rings is 3. The number of esters is 1. The average molecular weight is 451 g/mol. The van der Waals surface area contributed by atoms with Crippen LogP contribution in [-0.4, -0.2) is 26.7 Å². The first kappa shape index (κ1) is 21.0. The standard InChI is InChI=1S/C26H17N3O5/c1-16(30)33-25-13-11-17(14-22(25)29-27-20-7-3-4-8-21(20)28-29)10-12-23(31)19-15-18-6-2-5-9-24(18)34-26(19)32/h2-15H,1H3/b12-10+. The van der Waals surface area contributed by atoms with Crippen molar-refractivity contribution in [3.05, 3.63) is 100 Å². The second-order valence-electron chi connectivity index (χ2n) is 7.48. The molecular formula is C26H17N3O5. The maximum absolute atomic E-state index is 12.7. The predicted octanol–water partition coefficient (Wildman–Crippen LogP) is 4.35. The van der Waals surface area contributed by atoms with Gasteiger partial charge in [-0.25, -0.2) is 4.79 Å². The molecular weight excluding hydrogens is 434 g/mol. The van der Waals surface area contributed by atoms with Crippen molar-refractivity contribution < 1.29 is 18.7 Å². The summed E-state index contributed by atoms with van der Waals surface area (Å²) in [5, 5.41) is 9.55. The molecule has 0 saturated heterocycles. The molecule has 0 aliphatic heterocycles. The zero-order chi connectivity index (χ0) is 23.7. The van der Waals surface area contributed by atoms with Crippen LogP contribution in [0, 0.1) is 0 Å². The number of hydrogen-bond acceptors (Lipinski definition) is 7. The van der Waals surface area contributed by atoms with Gasteiger partial charge in [0.15, 0.2) is 11.5 Å². The van der Waals surface area contributed by atoms with Gasteiger partial charge < -0.3 is 9.15 Å². The van der Waals surface area contributed by atoms with Gasteiger partial charge in [0.05, 0.1) is 0 Å². The maximum atomic E-state index is 12.7. The van der Waals surface area contributed by atoms with E-state index in [4.69, 9.17) is 9.15 Å². The predicted molar refractivity (Wildman–Crippen MR) is 126 cm³/mol. The lowest BCUT2D eigenvalue weighted by atomic mass is 10.1. The van der Waals surface area contributed by atoms with E-state index in [-0.39, 0.29) is 11.3 Å². The monoisotopic (exact) mass is 451 g/mol. The van der Waals surface area contributed by atoms with E-state index in [0.29, 0.717) is 33.3 Å². The summed E-state index contributed by atoms with van der Waals surface area (Å²) in [5.74, 6) is -0.709. The second kappa shape index (κ2) is 8.59. The summed E-state index contributed by atoms with van der Waals surface area (Å²) in [7, 11) is 0. The van der Waals surface area contributed by atoms with Crippen LogP contribution in [0.25, 0.3) is 33.8 Å². The van der Waals surface area contributed by atoms with Gasteiger partial charge in [0.2, 0.25) is 0 Å². The third-order valence-electron chi connectivity index (χ3n) is 5.07. The smallest absolute Gasteiger partial charge is 0.347 e. The normalized spacial score (nSPS) is 11.3. The van der Waals surface area contributed by atoms with E-state index in [2.05, 4.69) is 10.2 Å². The summed E-state index contributed by atoms with van der Waals surface area (Å²) < 4.78 is 10.6. The third-order valence-corrected chi connectivity index (χ3v) is 5.07. The molecule has 3 aromatic carbocycles. The van der Waals surface area contributed by atoms with Crippen molar-refractivity contribution in [1.29, 1.82) is 0 Å². The zero-order valence-electron chi connectivity index (χ0n) is 18.0. The molecule has 8 heteroatoms. The molecule has 0 spiro atoms. The maximum Gasteiger partial charge on any atom is 0.347 e. The van der Waals surface area contributed by atoms with E-state index in [1.807, 2.05) is 24.3 Å². The van der Waals surface area contributed by atoms with Gasteiger partial charge in [0, 0.05) is 12.3 Å². The molecule has 0 aliphatic carbocycles. The van der Waals surface area contributed by atoms with Crippen LogP contribution in [0.1, 0.15) is 22.8 Å². The van der Waals surface area contributed by atoms with Crippen molar-refractivity contribution in [1.82, 2.24) is 15.0 Å². The number of fused-ring (bicyclic) bond motifs is 2. The van der Waals surface area contributed by atoms with Gasteiger partial charge in [-0.05, 0) is 48.0 Å². The molecule has 0 amide bonds. The Hall–Kier alpha value is -4.85. The highest BCUT2D eigenvalue weighted by Gasteiger charge is 2.14. The molecule has 166 valence electrons. The first-order valence-electron chi connectivity index (χ1n) is 10.4. The van der Waals surface area contributed by atoms with E-state index in [1.54, 1.807) is 48.5 Å². The molecule has 0 N–H and O–H groups in total. The molecule has 0 bridgehead atoms. The molecule has 5 rings (SSSR count). The lowest BCUT2D eigenvalue weighted by Crippen LogP contribution is -2.11. The van der Waals surface area contributed by atoms with Crippen LogP contribution in [-0.2, 0) is 4.79 Å². The Bertz CT molecular complexity index is 1630. The largest absolute Gasteiger partial charge is 0.424 e. The number of carbonyl (C=O) groups is 2. The Morgan fingerprint density at radius 3 is 2.38 bits per heavy atom. The van der Waals surface area contributed by atoms with Crippen molar-refractivity contribution in [2.75, 3.05) is 0 Å². The van der Waals surface area contributed by atoms with E-state index < -0.39 is 17.4 Å². The van der Waals surface area contributed by atoms with Crippen LogP contribution in [0.5, 0.6) is 5.75 Å². The van der Waals surface area contributed by atoms with E-state index >= 15 is 0 Å². The molecule has 2 aromatic heterocycles. The number of aromatic nitrogens is 3. The first-order valence-corrected chi connectivity index (χ1v) is 10.4. The second-order valence-corrected chi connectivity index (χ2v) is 7.48. The Balaban J connectivity index is 1.51. The minimum atomic E-state index is -0.702. The summed E-state index contributed by atoms with van der Waals surface area (Å²) in [6.45, 7) is 1.30. The molecule has 0 aliphatic rings. The summed E-state index contributed by atoms with van der Waals surface area (Å²) in [6, 6.07) is 20.8. The van der Waals surface area contributed by atoms with Crippen LogP contribution >= 0.6 is 0 Å². The van der Waals surface area contributed by atoms with E-state index in [9.17, 15) is 14.4 Å². The van der Waals surface area contributed by atoms with Crippen molar-refractivity contribution in [2.24, 2.45) is 0 Å². The molecule has 0 radical (unpaired) electrons. The summed E-state index contributed by atoms with van der Waals surface area (Å²) in [4.78, 5) is 37.9. The number of hydrogen-bond donors (Lipinski definition) is 0. The SMILES string of the molecule is CC(=O)Oc1ccc(/C=C/C(=O)c2cc3ccccc3oc2=O)cc1-n1nc2ccccc2n1. The Labute approximate surface area is 192 Å². The van der Waals surface area contributed by atoms with E-state index in [0.717, 1.165) is 0 Å². The molecule has 5 aromatic rings. The topological polar surface area (TPSA) is 104 Å². The number of nitrogens with zero attached hydrogens (tertiary/aromatic N) is 3.